The topological polar surface area (TPSA) is 12.0 Å². The summed E-state index contributed by atoms with van der Waals surface area (Å²) < 4.78 is 0. The van der Waals surface area contributed by atoms with Gasteiger partial charge in [-0.15, -0.1) is 12.3 Å². The predicted molar refractivity (Wildman–Crippen MR) is 56.4 cm³/mol. The predicted octanol–water partition coefficient (Wildman–Crippen LogP) is 1.88. The maximum Gasteiger partial charge on any atom is 0.0212 e. The Kier molecular flexibility index (Phi) is 4.57. The molecule has 0 aromatic heterocycles. The number of hydrogen-bond donors (Lipinski definition) is 1. The molecule has 0 bridgehead atoms. The van der Waals surface area contributed by atoms with Crippen molar-refractivity contribution in [1.82, 2.24) is 5.32 Å². The lowest BCUT2D eigenvalue weighted by molar-refractivity contribution is 0.469. The van der Waals surface area contributed by atoms with Gasteiger partial charge in [0, 0.05) is 24.3 Å². The van der Waals surface area contributed by atoms with Crippen LogP contribution in [0.2, 0.25) is 0 Å². The van der Waals surface area contributed by atoms with Gasteiger partial charge in [0.05, 0.1) is 0 Å². The highest BCUT2D eigenvalue weighted by Crippen LogP contribution is 2.24. The van der Waals surface area contributed by atoms with Crippen molar-refractivity contribution in [2.75, 3.05) is 12.3 Å². The minimum Gasteiger partial charge on any atom is -0.312 e. The van der Waals surface area contributed by atoms with Crippen molar-refractivity contribution in [2.45, 2.75) is 37.5 Å². The van der Waals surface area contributed by atoms with Gasteiger partial charge in [-0.25, -0.2) is 0 Å². The molecule has 2 unspecified atom stereocenters. The van der Waals surface area contributed by atoms with Crippen LogP contribution in [0.25, 0.3) is 0 Å². The minimum absolute atomic E-state index is 0.692. The number of hydrogen-bond acceptors (Lipinski definition) is 2. The maximum atomic E-state index is 5.18. The second-order valence-corrected chi connectivity index (χ2v) is 4.72. The van der Waals surface area contributed by atoms with Crippen LogP contribution in [-0.4, -0.2) is 23.6 Å². The van der Waals surface area contributed by atoms with E-state index < -0.39 is 0 Å². The largest absolute Gasteiger partial charge is 0.312 e. The van der Waals surface area contributed by atoms with Gasteiger partial charge in [0.2, 0.25) is 0 Å². The molecule has 2 heteroatoms. The Bertz CT molecular complexity index is 162. The highest BCUT2D eigenvalue weighted by atomic mass is 32.2. The van der Waals surface area contributed by atoms with Gasteiger partial charge in [-0.1, -0.05) is 6.92 Å². The molecule has 0 aromatic rings. The standard InChI is InChI=1S/C10H17NS/c1-3-4-7-11-10-6-5-8-12-9(10)2/h1,9-11H,4-8H2,2H3. The summed E-state index contributed by atoms with van der Waals surface area (Å²) >= 11 is 2.07. The van der Waals surface area contributed by atoms with E-state index in [4.69, 9.17) is 6.42 Å². The van der Waals surface area contributed by atoms with Crippen molar-refractivity contribution < 1.29 is 0 Å². The molecule has 0 spiro atoms. The van der Waals surface area contributed by atoms with Crippen molar-refractivity contribution in [3.05, 3.63) is 0 Å². The molecule has 0 saturated carbocycles. The summed E-state index contributed by atoms with van der Waals surface area (Å²) in [6.45, 7) is 3.28. The van der Waals surface area contributed by atoms with Crippen molar-refractivity contribution in [3.8, 4) is 12.3 Å². The number of thioether (sulfide) groups is 1. The molecule has 0 amide bonds. The van der Waals surface area contributed by atoms with Crippen LogP contribution in [-0.2, 0) is 0 Å². The molecule has 1 aliphatic heterocycles. The summed E-state index contributed by atoms with van der Waals surface area (Å²) in [4.78, 5) is 0. The van der Waals surface area contributed by atoms with Crippen LogP contribution < -0.4 is 5.32 Å². The Balaban J connectivity index is 2.16. The lowest BCUT2D eigenvalue weighted by Crippen LogP contribution is -2.39. The molecule has 1 saturated heterocycles. The summed E-state index contributed by atoms with van der Waals surface area (Å²) in [6, 6.07) is 0.692. The second-order valence-electron chi connectivity index (χ2n) is 3.23. The molecule has 68 valence electrons. The highest BCUT2D eigenvalue weighted by Gasteiger charge is 2.20. The van der Waals surface area contributed by atoms with E-state index in [0.29, 0.717) is 6.04 Å². The summed E-state index contributed by atoms with van der Waals surface area (Å²) in [7, 11) is 0. The van der Waals surface area contributed by atoms with Crippen molar-refractivity contribution >= 4 is 11.8 Å². The smallest absolute Gasteiger partial charge is 0.0212 e. The lowest BCUT2D eigenvalue weighted by atomic mass is 10.1. The van der Waals surface area contributed by atoms with Gasteiger partial charge < -0.3 is 5.32 Å². The molecule has 2 atom stereocenters. The van der Waals surface area contributed by atoms with Gasteiger partial charge in [0.25, 0.3) is 0 Å². The number of nitrogens with one attached hydrogen (secondary N) is 1. The SMILES string of the molecule is C#CCCNC1CCCSC1C. The molecule has 1 fully saturated rings. The molecule has 0 aromatic carbocycles. The lowest BCUT2D eigenvalue weighted by Gasteiger charge is -2.28. The fraction of sp³-hybridized carbons (Fsp3) is 0.800. The first-order valence-electron chi connectivity index (χ1n) is 4.63. The van der Waals surface area contributed by atoms with E-state index in [9.17, 15) is 0 Å². The van der Waals surface area contributed by atoms with E-state index in [1.165, 1.54) is 18.6 Å². The molecule has 1 rings (SSSR count). The maximum absolute atomic E-state index is 5.18. The molecule has 1 nitrogen and oxygen atoms in total. The average Bonchev–Trinajstić information content (AvgIpc) is 2.09. The quantitative estimate of drug-likeness (QED) is 0.529. The molecule has 0 aliphatic carbocycles. The van der Waals surface area contributed by atoms with E-state index in [0.717, 1.165) is 18.2 Å². The molecule has 0 radical (unpaired) electrons. The summed E-state index contributed by atoms with van der Waals surface area (Å²) in [6.07, 6.45) is 8.71. The summed E-state index contributed by atoms with van der Waals surface area (Å²) in [5.41, 5.74) is 0. The van der Waals surface area contributed by atoms with Gasteiger partial charge in [-0.05, 0) is 18.6 Å². The normalized spacial score (nSPS) is 29.7. The highest BCUT2D eigenvalue weighted by molar-refractivity contribution is 7.99. The number of rotatable bonds is 3. The average molecular weight is 183 g/mol. The zero-order valence-corrected chi connectivity index (χ0v) is 8.49. The molecule has 1 heterocycles. The summed E-state index contributed by atoms with van der Waals surface area (Å²) in [5.74, 6) is 3.98. The second kappa shape index (κ2) is 5.50. The number of terminal acetylenes is 1. The monoisotopic (exact) mass is 183 g/mol. The van der Waals surface area contributed by atoms with Crippen LogP contribution in [0, 0.1) is 12.3 Å². The third kappa shape index (κ3) is 3.08. The van der Waals surface area contributed by atoms with E-state index >= 15 is 0 Å². The Morgan fingerprint density at radius 2 is 2.50 bits per heavy atom. The molecular formula is C10H17NS. The fourth-order valence-electron chi connectivity index (χ4n) is 1.52. The van der Waals surface area contributed by atoms with Crippen molar-refractivity contribution in [2.24, 2.45) is 0 Å². The first-order valence-corrected chi connectivity index (χ1v) is 5.68. The van der Waals surface area contributed by atoms with Crippen molar-refractivity contribution in [1.29, 1.82) is 0 Å². The third-order valence-electron chi connectivity index (χ3n) is 2.28. The van der Waals surface area contributed by atoms with E-state index in [1.807, 2.05) is 0 Å². The van der Waals surface area contributed by atoms with Crippen LogP contribution in [0.3, 0.4) is 0 Å². The first kappa shape index (κ1) is 9.95. The Morgan fingerprint density at radius 3 is 3.17 bits per heavy atom. The Hall–Kier alpha value is -0.130. The Morgan fingerprint density at radius 1 is 1.67 bits per heavy atom. The van der Waals surface area contributed by atoms with Crippen LogP contribution in [0.4, 0.5) is 0 Å². The first-order chi connectivity index (χ1) is 5.84. The zero-order valence-electron chi connectivity index (χ0n) is 7.68. The van der Waals surface area contributed by atoms with Gasteiger partial charge >= 0.3 is 0 Å². The zero-order chi connectivity index (χ0) is 8.81. The van der Waals surface area contributed by atoms with Crippen molar-refractivity contribution in [3.63, 3.8) is 0 Å². The van der Waals surface area contributed by atoms with E-state index in [2.05, 4.69) is 29.9 Å². The molecule has 1 aliphatic rings. The van der Waals surface area contributed by atoms with Gasteiger partial charge in [-0.2, -0.15) is 11.8 Å². The van der Waals surface area contributed by atoms with Crippen LogP contribution in [0.5, 0.6) is 0 Å². The van der Waals surface area contributed by atoms with Gasteiger partial charge in [0.15, 0.2) is 0 Å². The Labute approximate surface area is 79.7 Å². The minimum atomic E-state index is 0.692. The molecule has 12 heavy (non-hydrogen) atoms. The van der Waals surface area contributed by atoms with E-state index in [1.54, 1.807) is 0 Å². The summed E-state index contributed by atoms with van der Waals surface area (Å²) in [5, 5.41) is 4.27. The fourth-order valence-corrected chi connectivity index (χ4v) is 2.69. The van der Waals surface area contributed by atoms with E-state index in [-0.39, 0.29) is 0 Å². The van der Waals surface area contributed by atoms with Gasteiger partial charge in [0.1, 0.15) is 0 Å². The molecule has 1 N–H and O–H groups in total. The van der Waals surface area contributed by atoms with Crippen LogP contribution in [0.1, 0.15) is 26.2 Å². The molecular weight excluding hydrogens is 166 g/mol. The third-order valence-corrected chi connectivity index (χ3v) is 3.66. The van der Waals surface area contributed by atoms with Gasteiger partial charge in [-0.3, -0.25) is 0 Å². The van der Waals surface area contributed by atoms with Crippen LogP contribution >= 0.6 is 11.8 Å². The van der Waals surface area contributed by atoms with Crippen LogP contribution in [0.15, 0.2) is 0 Å².